The zero-order chi connectivity index (χ0) is 22.9. The fourth-order valence-electron chi connectivity index (χ4n) is 3.75. The van der Waals surface area contributed by atoms with Crippen LogP contribution in [0.15, 0.2) is 17.1 Å². The van der Waals surface area contributed by atoms with Crippen molar-refractivity contribution < 1.29 is 33.0 Å². The summed E-state index contributed by atoms with van der Waals surface area (Å²) >= 11 is 0. The highest BCUT2D eigenvalue weighted by atomic mass is 19.1. The van der Waals surface area contributed by atoms with E-state index >= 15 is 0 Å². The van der Waals surface area contributed by atoms with Gasteiger partial charge in [-0.05, 0) is 37.8 Å². The van der Waals surface area contributed by atoms with Gasteiger partial charge in [0.1, 0.15) is 0 Å². The van der Waals surface area contributed by atoms with Crippen LogP contribution < -0.4 is 4.90 Å². The Morgan fingerprint density at radius 1 is 1.22 bits per heavy atom. The second-order valence-corrected chi connectivity index (χ2v) is 8.17. The molecule has 32 heavy (non-hydrogen) atoms. The van der Waals surface area contributed by atoms with Gasteiger partial charge in [0, 0.05) is 39.5 Å². The number of hydrogen-bond donors (Lipinski definition) is 0. The molecule has 0 unspecified atom stereocenters. The molecule has 0 bridgehead atoms. The normalized spacial score (nSPS) is 23.5. The van der Waals surface area contributed by atoms with Crippen molar-refractivity contribution in [2.24, 2.45) is 10.9 Å². The molecule has 2 aliphatic heterocycles. The van der Waals surface area contributed by atoms with Crippen molar-refractivity contribution >= 4 is 35.4 Å². The Hall–Kier alpha value is -3.24. The van der Waals surface area contributed by atoms with Crippen LogP contribution in [-0.4, -0.2) is 72.2 Å². The summed E-state index contributed by atoms with van der Waals surface area (Å²) < 4.78 is 30.1. The molecule has 10 nitrogen and oxygen atoms in total. The highest BCUT2D eigenvalue weighted by Gasteiger charge is 2.46. The molecule has 0 aromatic carbocycles. The molecule has 0 radical (unpaired) electrons. The van der Waals surface area contributed by atoms with Gasteiger partial charge in [0.15, 0.2) is 17.5 Å². The number of hydrogen-bond acceptors (Lipinski definition) is 9. The minimum Gasteiger partial charge on any atom is -0.450 e. The number of ether oxygens (including phenoxy) is 3. The van der Waals surface area contributed by atoms with Gasteiger partial charge in [-0.15, -0.1) is 0 Å². The van der Waals surface area contributed by atoms with Crippen LogP contribution in [0.1, 0.15) is 33.1 Å². The summed E-state index contributed by atoms with van der Waals surface area (Å²) in [5, 5.41) is 0. The average Bonchev–Trinajstić information content (AvgIpc) is 3.55. The molecule has 172 valence electrons. The van der Waals surface area contributed by atoms with Gasteiger partial charge < -0.3 is 24.0 Å². The minimum atomic E-state index is -1.30. The summed E-state index contributed by atoms with van der Waals surface area (Å²) in [4.78, 5) is 48.0. The number of carbonyl (C=O) groups excluding carboxylic acids is 3. The van der Waals surface area contributed by atoms with Crippen molar-refractivity contribution in [1.29, 1.82) is 0 Å². The fraction of sp³-hybridized carbons (Fsp3) is 0.571. The molecule has 1 amide bonds. The smallest absolute Gasteiger partial charge is 0.409 e. The zero-order valence-corrected chi connectivity index (χ0v) is 18.0. The van der Waals surface area contributed by atoms with E-state index < -0.39 is 35.3 Å². The van der Waals surface area contributed by atoms with Crippen LogP contribution in [0.3, 0.4) is 0 Å². The first-order valence-electron chi connectivity index (χ1n) is 10.7. The highest BCUT2D eigenvalue weighted by molar-refractivity contribution is 6.63. The topological polar surface area (TPSA) is 111 Å². The Kier molecular flexibility index (Phi) is 5.98. The van der Waals surface area contributed by atoms with Gasteiger partial charge in [-0.2, -0.15) is 0 Å². The van der Waals surface area contributed by atoms with Crippen molar-refractivity contribution in [1.82, 2.24) is 9.88 Å². The molecule has 3 aliphatic rings. The number of aliphatic imine (C=N–C) groups is 1. The summed E-state index contributed by atoms with van der Waals surface area (Å²) in [6.07, 6.45) is 2.07. The van der Waals surface area contributed by atoms with E-state index in [4.69, 9.17) is 14.2 Å². The molecule has 0 N–H and O–H groups in total. The lowest BCUT2D eigenvalue weighted by Crippen LogP contribution is -2.49. The molecule has 4 rings (SSSR count). The summed E-state index contributed by atoms with van der Waals surface area (Å²) in [5.41, 5.74) is -0.532. The predicted molar refractivity (Wildman–Crippen MR) is 110 cm³/mol. The minimum absolute atomic E-state index is 0.0199. The fourth-order valence-corrected chi connectivity index (χ4v) is 3.75. The van der Waals surface area contributed by atoms with Crippen LogP contribution in [0, 0.1) is 11.7 Å². The lowest BCUT2D eigenvalue weighted by molar-refractivity contribution is -0.224. The van der Waals surface area contributed by atoms with E-state index in [0.29, 0.717) is 38.5 Å². The van der Waals surface area contributed by atoms with Gasteiger partial charge in [0.2, 0.25) is 5.71 Å². The highest BCUT2D eigenvalue weighted by Crippen LogP contribution is 2.39. The third-order valence-electron chi connectivity index (χ3n) is 5.50. The molecule has 0 atom stereocenters. The second-order valence-electron chi connectivity index (χ2n) is 8.17. The Balaban J connectivity index is 1.47. The molecular weight excluding hydrogens is 423 g/mol. The monoisotopic (exact) mass is 448 g/mol. The molecule has 0 spiro atoms. The summed E-state index contributed by atoms with van der Waals surface area (Å²) in [5.74, 6) is -3.28. The van der Waals surface area contributed by atoms with Gasteiger partial charge >= 0.3 is 18.0 Å². The number of halogens is 1. The zero-order valence-electron chi connectivity index (χ0n) is 18.0. The first-order chi connectivity index (χ1) is 15.3. The van der Waals surface area contributed by atoms with E-state index in [9.17, 15) is 18.8 Å². The lowest BCUT2D eigenvalue weighted by Gasteiger charge is -2.34. The number of aromatic nitrogens is 1. The lowest BCUT2D eigenvalue weighted by atomic mass is 10.1. The van der Waals surface area contributed by atoms with Gasteiger partial charge in [-0.1, -0.05) is 0 Å². The molecular formula is C21H25FN4O6. The Labute approximate surface area is 184 Å². The number of piperazine rings is 1. The number of pyridine rings is 1. The summed E-state index contributed by atoms with van der Waals surface area (Å²) in [6, 6.07) is 2.43. The summed E-state index contributed by atoms with van der Waals surface area (Å²) in [6.45, 7) is 4.93. The summed E-state index contributed by atoms with van der Waals surface area (Å²) in [7, 11) is 0. The Bertz CT molecular complexity index is 936. The number of amides is 1. The quantitative estimate of drug-likeness (QED) is 0.631. The molecule has 11 heteroatoms. The van der Waals surface area contributed by atoms with E-state index in [0.717, 1.165) is 18.9 Å². The maximum Gasteiger partial charge on any atom is 0.409 e. The Morgan fingerprint density at radius 2 is 1.88 bits per heavy atom. The third kappa shape index (κ3) is 4.81. The number of esters is 2. The molecule has 1 aromatic rings. The van der Waals surface area contributed by atoms with Gasteiger partial charge in [0.05, 0.1) is 6.61 Å². The molecule has 2 saturated heterocycles. The predicted octanol–water partition coefficient (Wildman–Crippen LogP) is 2.19. The standard InChI is InChI=1S/C21H25FN4O6/c1-3-30-20(29)26-10-8-25(9-11-26)17-14(22)6-7-15(24-17)23-16-18(27)31-21(2,32-19(16)28)12-13-4-5-13/h6-7,13H,3-5,8-12H2,1-2H3. The van der Waals surface area contributed by atoms with Crippen molar-refractivity contribution in [3.05, 3.63) is 17.9 Å². The van der Waals surface area contributed by atoms with Crippen LogP contribution in [0.4, 0.5) is 20.8 Å². The van der Waals surface area contributed by atoms with Gasteiger partial charge in [-0.25, -0.2) is 28.8 Å². The van der Waals surface area contributed by atoms with Crippen molar-refractivity contribution in [3.8, 4) is 0 Å². The number of rotatable bonds is 5. The van der Waals surface area contributed by atoms with Crippen LogP contribution in [0.5, 0.6) is 0 Å². The van der Waals surface area contributed by atoms with Crippen LogP contribution in [0.2, 0.25) is 0 Å². The van der Waals surface area contributed by atoms with Crippen molar-refractivity contribution in [2.75, 3.05) is 37.7 Å². The first-order valence-corrected chi connectivity index (χ1v) is 10.7. The maximum atomic E-state index is 14.5. The van der Waals surface area contributed by atoms with E-state index in [-0.39, 0.29) is 18.2 Å². The van der Waals surface area contributed by atoms with Crippen LogP contribution in [-0.2, 0) is 23.8 Å². The van der Waals surface area contributed by atoms with E-state index in [1.54, 1.807) is 18.7 Å². The van der Waals surface area contributed by atoms with E-state index in [2.05, 4.69) is 9.98 Å². The number of anilines is 1. The third-order valence-corrected chi connectivity index (χ3v) is 5.50. The van der Waals surface area contributed by atoms with Crippen LogP contribution in [0.25, 0.3) is 0 Å². The SMILES string of the molecule is CCOC(=O)N1CCN(c2nc(N=C3C(=O)OC(C)(CC4CC4)OC3=O)ccc2F)CC1. The number of carbonyl (C=O) groups is 3. The molecule has 1 aliphatic carbocycles. The average molecular weight is 448 g/mol. The van der Waals surface area contributed by atoms with E-state index in [1.165, 1.54) is 11.0 Å². The second kappa shape index (κ2) is 8.71. The number of cyclic esters (lactones) is 2. The molecule has 1 aromatic heterocycles. The van der Waals surface area contributed by atoms with Crippen molar-refractivity contribution in [3.63, 3.8) is 0 Å². The number of nitrogens with zero attached hydrogens (tertiary/aromatic N) is 4. The van der Waals surface area contributed by atoms with Crippen LogP contribution >= 0.6 is 0 Å². The van der Waals surface area contributed by atoms with E-state index in [1.807, 2.05) is 0 Å². The largest absolute Gasteiger partial charge is 0.450 e. The van der Waals surface area contributed by atoms with Gasteiger partial charge in [-0.3, -0.25) is 0 Å². The van der Waals surface area contributed by atoms with Crippen molar-refractivity contribution in [2.45, 2.75) is 38.9 Å². The Morgan fingerprint density at radius 3 is 2.47 bits per heavy atom. The maximum absolute atomic E-state index is 14.5. The van der Waals surface area contributed by atoms with Gasteiger partial charge in [0.25, 0.3) is 5.79 Å². The first kappa shape index (κ1) is 22.0. The molecule has 3 heterocycles. The molecule has 1 saturated carbocycles. The molecule has 3 fully saturated rings.